The van der Waals surface area contributed by atoms with Crippen LogP contribution in [0.25, 0.3) is 34.2 Å². The number of hydrogen-bond acceptors (Lipinski definition) is 6. The van der Waals surface area contributed by atoms with Crippen LogP contribution in [-0.4, -0.2) is 32.0 Å². The van der Waals surface area contributed by atoms with Gasteiger partial charge in [0.2, 0.25) is 11.7 Å². The predicted molar refractivity (Wildman–Crippen MR) is 116 cm³/mol. The maximum atomic E-state index is 6.35. The molecule has 154 valence electrons. The Balaban J connectivity index is 1.76. The molecule has 0 aliphatic heterocycles. The lowest BCUT2D eigenvalue weighted by molar-refractivity contribution is 0.392. The van der Waals surface area contributed by atoms with Gasteiger partial charge in [0.05, 0.1) is 23.5 Å². The molecule has 4 aromatic rings. The number of pyridine rings is 1. The molecule has 1 aromatic carbocycles. The van der Waals surface area contributed by atoms with Crippen LogP contribution in [0.4, 0.5) is 0 Å². The number of ether oxygens (including phenoxy) is 1. The minimum absolute atomic E-state index is 0.394. The van der Waals surface area contributed by atoms with Crippen LogP contribution in [0.3, 0.4) is 0 Å². The molecule has 0 aliphatic carbocycles. The van der Waals surface area contributed by atoms with Crippen LogP contribution in [0.1, 0.15) is 25.1 Å². The van der Waals surface area contributed by atoms with E-state index in [1.165, 1.54) is 0 Å². The fourth-order valence-corrected chi connectivity index (χ4v) is 3.58. The normalized spacial score (nSPS) is 11.1. The van der Waals surface area contributed by atoms with E-state index in [0.29, 0.717) is 29.2 Å². The zero-order valence-corrected chi connectivity index (χ0v) is 18.1. The van der Waals surface area contributed by atoms with E-state index in [0.717, 1.165) is 40.2 Å². The molecule has 3 heterocycles. The molecule has 7 nitrogen and oxygen atoms in total. The molecule has 0 unspecified atom stereocenters. The first-order chi connectivity index (χ1) is 14.5. The number of aromatic nitrogens is 5. The zero-order chi connectivity index (χ0) is 21.3. The van der Waals surface area contributed by atoms with E-state index >= 15 is 0 Å². The highest BCUT2D eigenvalue weighted by Crippen LogP contribution is 2.32. The highest BCUT2D eigenvalue weighted by Gasteiger charge is 2.20. The number of nitrogens with zero attached hydrogens (tertiary/aromatic N) is 5. The Labute approximate surface area is 179 Å². The van der Waals surface area contributed by atoms with Gasteiger partial charge in [-0.3, -0.25) is 4.68 Å². The van der Waals surface area contributed by atoms with E-state index < -0.39 is 0 Å². The van der Waals surface area contributed by atoms with Crippen molar-refractivity contribution in [3.05, 3.63) is 52.7 Å². The van der Waals surface area contributed by atoms with Gasteiger partial charge in [0, 0.05) is 23.2 Å². The summed E-state index contributed by atoms with van der Waals surface area (Å²) in [6.07, 6.45) is 0.790. The second-order valence-electron chi connectivity index (χ2n) is 6.78. The van der Waals surface area contributed by atoms with Crippen molar-refractivity contribution in [1.29, 1.82) is 0 Å². The van der Waals surface area contributed by atoms with Crippen molar-refractivity contribution in [2.45, 2.75) is 33.7 Å². The van der Waals surface area contributed by atoms with Crippen LogP contribution in [0.2, 0.25) is 5.02 Å². The number of rotatable bonds is 6. The van der Waals surface area contributed by atoms with Crippen LogP contribution in [0, 0.1) is 6.92 Å². The molecule has 0 atom stereocenters. The summed E-state index contributed by atoms with van der Waals surface area (Å²) in [4.78, 5) is 9.16. The molecule has 0 saturated carbocycles. The molecule has 0 spiro atoms. The number of halogens is 1. The maximum absolute atomic E-state index is 6.35. The van der Waals surface area contributed by atoms with Gasteiger partial charge >= 0.3 is 0 Å². The lowest BCUT2D eigenvalue weighted by Crippen LogP contribution is -2.00. The summed E-state index contributed by atoms with van der Waals surface area (Å²) >= 11 is 6.35. The molecular weight excluding hydrogens is 402 g/mol. The first-order valence-electron chi connectivity index (χ1n) is 9.77. The van der Waals surface area contributed by atoms with Crippen molar-refractivity contribution in [2.75, 3.05) is 7.11 Å². The number of hydrogen-bond donors (Lipinski definition) is 0. The summed E-state index contributed by atoms with van der Waals surface area (Å²) < 4.78 is 12.8. The molecule has 0 N–H and O–H groups in total. The third-order valence-electron chi connectivity index (χ3n) is 4.94. The zero-order valence-electron chi connectivity index (χ0n) is 17.3. The number of methoxy groups -OCH3 is 1. The van der Waals surface area contributed by atoms with Crippen LogP contribution in [0.5, 0.6) is 5.88 Å². The SMILES string of the molecule is CCc1cc(-c2noc(-c3cc(-c4ccccc4Cl)nn3CC)n2)c(C)nc1OC. The molecule has 0 radical (unpaired) electrons. The van der Waals surface area contributed by atoms with Gasteiger partial charge in [0.15, 0.2) is 0 Å². The Bertz CT molecular complexity index is 1200. The minimum atomic E-state index is 0.394. The average Bonchev–Trinajstić information content (AvgIpc) is 3.40. The average molecular weight is 424 g/mol. The van der Waals surface area contributed by atoms with Crippen LogP contribution < -0.4 is 4.74 Å². The predicted octanol–water partition coefficient (Wildman–Crippen LogP) is 5.21. The summed E-state index contributed by atoms with van der Waals surface area (Å²) in [5, 5.41) is 9.50. The molecule has 4 rings (SSSR count). The van der Waals surface area contributed by atoms with E-state index in [1.807, 2.05) is 54.9 Å². The Hall–Kier alpha value is -3.19. The molecule has 0 saturated heterocycles. The quantitative estimate of drug-likeness (QED) is 0.423. The molecule has 30 heavy (non-hydrogen) atoms. The van der Waals surface area contributed by atoms with Crippen LogP contribution in [-0.2, 0) is 13.0 Å². The van der Waals surface area contributed by atoms with Gasteiger partial charge in [-0.1, -0.05) is 41.9 Å². The second kappa shape index (κ2) is 8.28. The Morgan fingerprint density at radius 3 is 2.60 bits per heavy atom. The van der Waals surface area contributed by atoms with Crippen molar-refractivity contribution in [1.82, 2.24) is 24.9 Å². The van der Waals surface area contributed by atoms with Crippen molar-refractivity contribution in [3.63, 3.8) is 0 Å². The summed E-state index contributed by atoms with van der Waals surface area (Å²) in [7, 11) is 1.62. The Morgan fingerprint density at radius 1 is 1.10 bits per heavy atom. The largest absolute Gasteiger partial charge is 0.481 e. The summed E-state index contributed by atoms with van der Waals surface area (Å²) in [6, 6.07) is 11.5. The lowest BCUT2D eigenvalue weighted by atomic mass is 10.1. The first-order valence-corrected chi connectivity index (χ1v) is 10.1. The van der Waals surface area contributed by atoms with Gasteiger partial charge in [0.25, 0.3) is 5.89 Å². The van der Waals surface area contributed by atoms with E-state index in [4.69, 9.17) is 20.9 Å². The Morgan fingerprint density at radius 2 is 1.90 bits per heavy atom. The minimum Gasteiger partial charge on any atom is -0.481 e. The van der Waals surface area contributed by atoms with Crippen molar-refractivity contribution < 1.29 is 9.26 Å². The van der Waals surface area contributed by atoms with E-state index in [9.17, 15) is 0 Å². The highest BCUT2D eigenvalue weighted by molar-refractivity contribution is 6.33. The fraction of sp³-hybridized carbons (Fsp3) is 0.273. The van der Waals surface area contributed by atoms with Gasteiger partial charge < -0.3 is 9.26 Å². The summed E-state index contributed by atoms with van der Waals surface area (Å²) in [6.45, 7) is 6.62. The van der Waals surface area contributed by atoms with E-state index in [2.05, 4.69) is 27.1 Å². The van der Waals surface area contributed by atoms with Gasteiger partial charge in [-0.2, -0.15) is 10.1 Å². The molecule has 8 heteroatoms. The van der Waals surface area contributed by atoms with Crippen molar-refractivity contribution in [3.8, 4) is 40.1 Å². The maximum Gasteiger partial charge on any atom is 0.276 e. The second-order valence-corrected chi connectivity index (χ2v) is 7.18. The smallest absolute Gasteiger partial charge is 0.276 e. The molecular formula is C22H22ClN5O2. The van der Waals surface area contributed by atoms with Gasteiger partial charge in [-0.15, -0.1) is 0 Å². The van der Waals surface area contributed by atoms with Crippen molar-refractivity contribution in [2.24, 2.45) is 0 Å². The Kier molecular flexibility index (Phi) is 5.55. The van der Waals surface area contributed by atoms with Gasteiger partial charge in [-0.25, -0.2) is 4.98 Å². The highest BCUT2D eigenvalue weighted by atomic mass is 35.5. The van der Waals surface area contributed by atoms with E-state index in [1.54, 1.807) is 7.11 Å². The third-order valence-corrected chi connectivity index (χ3v) is 5.27. The topological polar surface area (TPSA) is 78.9 Å². The standard InChI is InChI=1S/C22H22ClN5O2/c1-5-14-11-16(13(3)24-21(14)29-4)20-25-22(30-27-20)19-12-18(26-28(19)6-2)15-9-7-8-10-17(15)23/h7-12H,5-6H2,1-4H3. The summed E-state index contributed by atoms with van der Waals surface area (Å²) in [5.41, 5.74) is 4.93. The molecule has 3 aromatic heterocycles. The molecule has 0 aliphatic rings. The molecule has 0 bridgehead atoms. The molecule has 0 amide bonds. The molecule has 0 fully saturated rings. The third kappa shape index (κ3) is 3.57. The van der Waals surface area contributed by atoms with Crippen molar-refractivity contribution >= 4 is 11.6 Å². The van der Waals surface area contributed by atoms with Gasteiger partial charge in [0.1, 0.15) is 5.69 Å². The lowest BCUT2D eigenvalue weighted by Gasteiger charge is -2.09. The monoisotopic (exact) mass is 423 g/mol. The van der Waals surface area contributed by atoms with E-state index in [-0.39, 0.29) is 0 Å². The number of benzene rings is 1. The van der Waals surface area contributed by atoms with Crippen LogP contribution in [0.15, 0.2) is 40.9 Å². The van der Waals surface area contributed by atoms with Gasteiger partial charge in [-0.05, 0) is 38.5 Å². The van der Waals surface area contributed by atoms with Crippen LogP contribution >= 0.6 is 11.6 Å². The first kappa shape index (κ1) is 20.1. The number of aryl methyl sites for hydroxylation is 3. The fourth-order valence-electron chi connectivity index (χ4n) is 3.35. The summed E-state index contributed by atoms with van der Waals surface area (Å²) in [5.74, 6) is 1.50.